The molecule has 0 spiro atoms. The van der Waals surface area contributed by atoms with Crippen LogP contribution in [0.5, 0.6) is 5.75 Å². The molecule has 1 aromatic carbocycles. The van der Waals surface area contributed by atoms with Crippen LogP contribution in [0.1, 0.15) is 36.9 Å². The Morgan fingerprint density at radius 3 is 2.76 bits per heavy atom. The molecule has 1 atom stereocenters. The van der Waals surface area contributed by atoms with Gasteiger partial charge < -0.3 is 15.2 Å². The van der Waals surface area contributed by atoms with Gasteiger partial charge in [-0.15, -0.1) is 0 Å². The summed E-state index contributed by atoms with van der Waals surface area (Å²) in [6.07, 6.45) is 2.22. The zero-order chi connectivity index (χ0) is 12.7. The van der Waals surface area contributed by atoms with Crippen molar-refractivity contribution in [1.82, 2.24) is 0 Å². The van der Waals surface area contributed by atoms with Crippen LogP contribution >= 0.6 is 0 Å². The van der Waals surface area contributed by atoms with Crippen LogP contribution in [-0.2, 0) is 4.74 Å². The van der Waals surface area contributed by atoms with E-state index in [4.69, 9.17) is 15.2 Å². The molecular formula is C14H23NO2. The largest absolute Gasteiger partial charge is 0.496 e. The van der Waals surface area contributed by atoms with Gasteiger partial charge in [-0.1, -0.05) is 31.0 Å². The molecule has 17 heavy (non-hydrogen) atoms. The molecule has 3 heteroatoms. The molecular weight excluding hydrogens is 214 g/mol. The molecule has 96 valence electrons. The maximum Gasteiger partial charge on any atom is 0.123 e. The molecule has 0 aliphatic rings. The SMILES string of the molecule is CCCCOCC(N)c1cc(C)ccc1OC. The number of ether oxygens (including phenoxy) is 2. The van der Waals surface area contributed by atoms with Crippen molar-refractivity contribution in [2.45, 2.75) is 32.7 Å². The first-order chi connectivity index (χ1) is 8.19. The number of aryl methyl sites for hydroxylation is 1. The first-order valence-corrected chi connectivity index (χ1v) is 6.17. The third-order valence-electron chi connectivity index (χ3n) is 2.72. The summed E-state index contributed by atoms with van der Waals surface area (Å²) in [5.74, 6) is 0.835. The van der Waals surface area contributed by atoms with Gasteiger partial charge in [0.05, 0.1) is 19.8 Å². The lowest BCUT2D eigenvalue weighted by Crippen LogP contribution is -2.18. The molecule has 0 saturated heterocycles. The van der Waals surface area contributed by atoms with E-state index in [9.17, 15) is 0 Å². The zero-order valence-corrected chi connectivity index (χ0v) is 11.0. The van der Waals surface area contributed by atoms with E-state index < -0.39 is 0 Å². The van der Waals surface area contributed by atoms with Gasteiger partial charge in [0.2, 0.25) is 0 Å². The van der Waals surface area contributed by atoms with Crippen LogP contribution in [-0.4, -0.2) is 20.3 Å². The Labute approximate surface area is 104 Å². The first kappa shape index (κ1) is 14.0. The van der Waals surface area contributed by atoms with Crippen LogP contribution in [0.4, 0.5) is 0 Å². The molecule has 0 bridgehead atoms. The van der Waals surface area contributed by atoms with E-state index in [-0.39, 0.29) is 6.04 Å². The highest BCUT2D eigenvalue weighted by Crippen LogP contribution is 2.25. The van der Waals surface area contributed by atoms with Gasteiger partial charge in [0, 0.05) is 12.2 Å². The lowest BCUT2D eigenvalue weighted by molar-refractivity contribution is 0.117. The molecule has 0 aliphatic heterocycles. The summed E-state index contributed by atoms with van der Waals surface area (Å²) in [6, 6.07) is 5.91. The molecule has 1 unspecified atom stereocenters. The summed E-state index contributed by atoms with van der Waals surface area (Å²) in [5.41, 5.74) is 8.32. The van der Waals surface area contributed by atoms with Crippen LogP contribution in [0, 0.1) is 6.92 Å². The number of nitrogens with two attached hydrogens (primary N) is 1. The molecule has 1 rings (SSSR count). The Morgan fingerprint density at radius 1 is 1.35 bits per heavy atom. The topological polar surface area (TPSA) is 44.5 Å². The van der Waals surface area contributed by atoms with Crippen molar-refractivity contribution in [1.29, 1.82) is 0 Å². The van der Waals surface area contributed by atoms with Gasteiger partial charge in [-0.25, -0.2) is 0 Å². The third kappa shape index (κ3) is 4.36. The quantitative estimate of drug-likeness (QED) is 0.742. The van der Waals surface area contributed by atoms with Crippen molar-refractivity contribution < 1.29 is 9.47 Å². The summed E-state index contributed by atoms with van der Waals surface area (Å²) in [4.78, 5) is 0. The van der Waals surface area contributed by atoms with Crippen LogP contribution in [0.2, 0.25) is 0 Å². The first-order valence-electron chi connectivity index (χ1n) is 6.17. The van der Waals surface area contributed by atoms with Gasteiger partial charge >= 0.3 is 0 Å². The fraction of sp³-hybridized carbons (Fsp3) is 0.571. The number of methoxy groups -OCH3 is 1. The van der Waals surface area contributed by atoms with E-state index in [0.717, 1.165) is 30.8 Å². The molecule has 1 aromatic rings. The Kier molecular flexibility index (Phi) is 6.01. The van der Waals surface area contributed by atoms with Crippen LogP contribution in [0.3, 0.4) is 0 Å². The number of benzene rings is 1. The number of hydrogen-bond donors (Lipinski definition) is 1. The van der Waals surface area contributed by atoms with Crippen molar-refractivity contribution in [3.63, 3.8) is 0 Å². The highest BCUT2D eigenvalue weighted by molar-refractivity contribution is 5.39. The highest BCUT2D eigenvalue weighted by Gasteiger charge is 2.12. The molecule has 0 saturated carbocycles. The summed E-state index contributed by atoms with van der Waals surface area (Å²) in [5, 5.41) is 0. The smallest absolute Gasteiger partial charge is 0.123 e. The van der Waals surface area contributed by atoms with Gasteiger partial charge in [-0.05, 0) is 19.4 Å². The average molecular weight is 237 g/mol. The predicted molar refractivity (Wildman–Crippen MR) is 70.4 cm³/mol. The highest BCUT2D eigenvalue weighted by atomic mass is 16.5. The lowest BCUT2D eigenvalue weighted by atomic mass is 10.0. The second kappa shape index (κ2) is 7.30. The van der Waals surface area contributed by atoms with Gasteiger partial charge in [0.15, 0.2) is 0 Å². The Hall–Kier alpha value is -1.06. The van der Waals surface area contributed by atoms with Crippen molar-refractivity contribution in [2.24, 2.45) is 5.73 Å². The molecule has 0 heterocycles. The Balaban J connectivity index is 2.60. The summed E-state index contributed by atoms with van der Waals surface area (Å²) in [7, 11) is 1.67. The molecule has 0 aliphatic carbocycles. The van der Waals surface area contributed by atoms with Crippen molar-refractivity contribution in [2.75, 3.05) is 20.3 Å². The monoisotopic (exact) mass is 237 g/mol. The minimum atomic E-state index is -0.123. The summed E-state index contributed by atoms with van der Waals surface area (Å²) < 4.78 is 10.9. The molecule has 0 amide bonds. The number of rotatable bonds is 7. The van der Waals surface area contributed by atoms with Crippen LogP contribution < -0.4 is 10.5 Å². The van der Waals surface area contributed by atoms with Gasteiger partial charge in [0.1, 0.15) is 5.75 Å². The second-order valence-electron chi connectivity index (χ2n) is 4.28. The van der Waals surface area contributed by atoms with Crippen molar-refractivity contribution in [3.8, 4) is 5.75 Å². The van der Waals surface area contributed by atoms with E-state index in [1.165, 1.54) is 5.56 Å². The maximum absolute atomic E-state index is 6.12. The lowest BCUT2D eigenvalue weighted by Gasteiger charge is -2.16. The zero-order valence-electron chi connectivity index (χ0n) is 11.0. The minimum absolute atomic E-state index is 0.123. The minimum Gasteiger partial charge on any atom is -0.496 e. The van der Waals surface area contributed by atoms with Crippen molar-refractivity contribution >= 4 is 0 Å². The molecule has 0 fully saturated rings. The van der Waals surface area contributed by atoms with Gasteiger partial charge in [-0.2, -0.15) is 0 Å². The second-order valence-corrected chi connectivity index (χ2v) is 4.28. The predicted octanol–water partition coefficient (Wildman–Crippen LogP) is 2.82. The van der Waals surface area contributed by atoms with Gasteiger partial charge in [-0.3, -0.25) is 0 Å². The standard InChI is InChI=1S/C14H23NO2/c1-4-5-8-17-10-13(15)12-9-11(2)6-7-14(12)16-3/h6-7,9,13H,4-5,8,10,15H2,1-3H3. The molecule has 3 nitrogen and oxygen atoms in total. The van der Waals surface area contributed by atoms with Crippen LogP contribution in [0.15, 0.2) is 18.2 Å². The Morgan fingerprint density at radius 2 is 2.12 bits per heavy atom. The average Bonchev–Trinajstić information content (AvgIpc) is 2.34. The third-order valence-corrected chi connectivity index (χ3v) is 2.72. The Bertz CT molecular complexity index is 339. The number of unbranched alkanes of at least 4 members (excludes halogenated alkanes) is 1. The summed E-state index contributed by atoms with van der Waals surface area (Å²) in [6.45, 7) is 5.51. The fourth-order valence-electron chi connectivity index (χ4n) is 1.69. The molecule has 0 aromatic heterocycles. The van der Waals surface area contributed by atoms with E-state index >= 15 is 0 Å². The molecule has 2 N–H and O–H groups in total. The number of hydrogen-bond acceptors (Lipinski definition) is 3. The fourth-order valence-corrected chi connectivity index (χ4v) is 1.69. The van der Waals surface area contributed by atoms with E-state index in [1.807, 2.05) is 19.1 Å². The van der Waals surface area contributed by atoms with Crippen LogP contribution in [0.25, 0.3) is 0 Å². The summed E-state index contributed by atoms with van der Waals surface area (Å²) >= 11 is 0. The normalized spacial score (nSPS) is 12.5. The van der Waals surface area contributed by atoms with Crippen molar-refractivity contribution in [3.05, 3.63) is 29.3 Å². The van der Waals surface area contributed by atoms with Gasteiger partial charge in [0.25, 0.3) is 0 Å². The maximum atomic E-state index is 6.12. The van der Waals surface area contributed by atoms with E-state index in [1.54, 1.807) is 7.11 Å². The van der Waals surface area contributed by atoms with E-state index in [0.29, 0.717) is 6.61 Å². The molecule has 0 radical (unpaired) electrons. The van der Waals surface area contributed by atoms with E-state index in [2.05, 4.69) is 13.0 Å².